The average molecular weight is 188 g/mol. The lowest BCUT2D eigenvalue weighted by atomic mass is 10.2. The largest absolute Gasteiger partial charge is 0.246 e. The van der Waals surface area contributed by atoms with Gasteiger partial charge in [-0.2, -0.15) is 0 Å². The lowest BCUT2D eigenvalue weighted by Crippen LogP contribution is -2.01. The van der Waals surface area contributed by atoms with Crippen molar-refractivity contribution in [3.63, 3.8) is 0 Å². The van der Waals surface area contributed by atoms with E-state index in [4.69, 9.17) is 0 Å². The van der Waals surface area contributed by atoms with Crippen molar-refractivity contribution in [2.75, 3.05) is 0 Å². The Labute approximate surface area is 82.5 Å². The Hall–Kier alpha value is -1.58. The Morgan fingerprint density at radius 1 is 1.07 bits per heavy atom. The van der Waals surface area contributed by atoms with Crippen LogP contribution in [-0.4, -0.2) is 19.9 Å². The molecular weight excluding hydrogens is 176 g/mol. The lowest BCUT2D eigenvalue weighted by Gasteiger charge is -2.04. The summed E-state index contributed by atoms with van der Waals surface area (Å²) >= 11 is 0. The highest BCUT2D eigenvalue weighted by atomic mass is 15.0. The Balaban J connectivity index is 2.69. The summed E-state index contributed by atoms with van der Waals surface area (Å²) in [5.41, 5.74) is 3.56. The van der Waals surface area contributed by atoms with Gasteiger partial charge >= 0.3 is 0 Å². The molecule has 0 fully saturated rings. The van der Waals surface area contributed by atoms with E-state index < -0.39 is 0 Å². The van der Waals surface area contributed by atoms with Crippen molar-refractivity contribution in [2.24, 2.45) is 0 Å². The van der Waals surface area contributed by atoms with Crippen molar-refractivity contribution in [3.8, 4) is 0 Å². The molecule has 0 unspecified atom stereocenters. The summed E-state index contributed by atoms with van der Waals surface area (Å²) in [4.78, 5) is 16.9. The predicted molar refractivity (Wildman–Crippen MR) is 53.9 cm³/mol. The predicted octanol–water partition coefficient (Wildman–Crippen LogP) is 1.54. The molecule has 2 rings (SSSR count). The molecule has 0 radical (unpaired) electrons. The van der Waals surface area contributed by atoms with Crippen molar-refractivity contribution < 1.29 is 0 Å². The first kappa shape index (κ1) is 8.99. The smallest absolute Gasteiger partial charge is 0.181 e. The number of fused-ring (bicyclic) bond motifs is 1. The van der Waals surface area contributed by atoms with Gasteiger partial charge in [-0.3, -0.25) is 0 Å². The molecule has 0 saturated carbocycles. The van der Waals surface area contributed by atoms with Crippen LogP contribution in [0.5, 0.6) is 0 Å². The van der Waals surface area contributed by atoms with Crippen LogP contribution in [0.25, 0.3) is 11.2 Å². The zero-order valence-electron chi connectivity index (χ0n) is 8.36. The molecule has 0 atom stereocenters. The van der Waals surface area contributed by atoms with Crippen LogP contribution in [0.3, 0.4) is 0 Å². The van der Waals surface area contributed by atoms with Crippen LogP contribution in [0, 0.1) is 0 Å². The van der Waals surface area contributed by atoms with Gasteiger partial charge in [-0.25, -0.2) is 19.9 Å². The molecule has 0 N–H and O–H groups in total. The number of hydrogen-bond donors (Lipinski definition) is 0. The second-order valence-corrected chi connectivity index (χ2v) is 3.06. The van der Waals surface area contributed by atoms with Crippen molar-refractivity contribution in [3.05, 3.63) is 23.9 Å². The quantitative estimate of drug-likeness (QED) is 0.717. The lowest BCUT2D eigenvalue weighted by molar-refractivity contribution is 0.920. The molecule has 72 valence electrons. The molecule has 2 heterocycles. The van der Waals surface area contributed by atoms with Crippen LogP contribution in [-0.2, 0) is 12.8 Å². The number of rotatable bonds is 2. The van der Waals surface area contributed by atoms with Gasteiger partial charge in [0.25, 0.3) is 0 Å². The highest BCUT2D eigenvalue weighted by molar-refractivity contribution is 5.68. The van der Waals surface area contributed by atoms with E-state index >= 15 is 0 Å². The van der Waals surface area contributed by atoms with Crippen LogP contribution in [0.15, 0.2) is 12.5 Å². The van der Waals surface area contributed by atoms with Crippen molar-refractivity contribution in [1.29, 1.82) is 0 Å². The Morgan fingerprint density at radius 2 is 1.79 bits per heavy atom. The van der Waals surface area contributed by atoms with E-state index in [1.54, 1.807) is 6.20 Å². The van der Waals surface area contributed by atoms with Gasteiger partial charge in [-0.1, -0.05) is 13.8 Å². The summed E-state index contributed by atoms with van der Waals surface area (Å²) in [6.07, 6.45) is 5.01. The molecule has 14 heavy (non-hydrogen) atoms. The second-order valence-electron chi connectivity index (χ2n) is 3.06. The molecule has 4 heteroatoms. The van der Waals surface area contributed by atoms with Crippen molar-refractivity contribution in [1.82, 2.24) is 19.9 Å². The third-order valence-corrected chi connectivity index (χ3v) is 2.17. The number of aromatic nitrogens is 4. The molecule has 0 aliphatic carbocycles. The van der Waals surface area contributed by atoms with E-state index in [9.17, 15) is 0 Å². The molecule has 0 aliphatic rings. The highest BCUT2D eigenvalue weighted by Gasteiger charge is 2.05. The van der Waals surface area contributed by atoms with Crippen LogP contribution in [0.1, 0.15) is 25.2 Å². The Kier molecular flexibility index (Phi) is 2.35. The maximum atomic E-state index is 4.48. The number of nitrogens with zero attached hydrogens (tertiary/aromatic N) is 4. The molecule has 0 amide bonds. The van der Waals surface area contributed by atoms with Crippen molar-refractivity contribution in [2.45, 2.75) is 26.7 Å². The third kappa shape index (κ3) is 1.43. The fraction of sp³-hybridized carbons (Fsp3) is 0.400. The average Bonchev–Trinajstić information content (AvgIpc) is 2.27. The van der Waals surface area contributed by atoms with Gasteiger partial charge in [0, 0.05) is 0 Å². The summed E-state index contributed by atoms with van der Waals surface area (Å²) in [7, 11) is 0. The minimum absolute atomic E-state index is 0.689. The normalized spacial score (nSPS) is 10.7. The van der Waals surface area contributed by atoms with Crippen molar-refractivity contribution >= 4 is 11.2 Å². The summed E-state index contributed by atoms with van der Waals surface area (Å²) in [6, 6.07) is 0. The third-order valence-electron chi connectivity index (χ3n) is 2.17. The maximum absolute atomic E-state index is 4.48. The van der Waals surface area contributed by atoms with Gasteiger partial charge in [0.05, 0.1) is 17.6 Å². The topological polar surface area (TPSA) is 51.6 Å². The zero-order chi connectivity index (χ0) is 9.97. The van der Waals surface area contributed by atoms with Crippen LogP contribution < -0.4 is 0 Å². The minimum atomic E-state index is 0.689. The van der Waals surface area contributed by atoms with Gasteiger partial charge in [-0.05, 0) is 12.8 Å². The maximum Gasteiger partial charge on any atom is 0.181 e. The SMILES string of the molecule is CCc1nc2cncnc2nc1CC. The van der Waals surface area contributed by atoms with E-state index in [0.717, 1.165) is 29.7 Å². The zero-order valence-corrected chi connectivity index (χ0v) is 8.36. The van der Waals surface area contributed by atoms with E-state index in [-0.39, 0.29) is 0 Å². The molecule has 2 aromatic rings. The molecule has 0 saturated heterocycles. The molecule has 4 nitrogen and oxygen atoms in total. The second kappa shape index (κ2) is 3.65. The van der Waals surface area contributed by atoms with E-state index in [1.807, 2.05) is 0 Å². The molecule has 0 aromatic carbocycles. The van der Waals surface area contributed by atoms with Gasteiger partial charge in [-0.15, -0.1) is 0 Å². The minimum Gasteiger partial charge on any atom is -0.246 e. The summed E-state index contributed by atoms with van der Waals surface area (Å²) in [6.45, 7) is 4.16. The summed E-state index contributed by atoms with van der Waals surface area (Å²) in [5, 5.41) is 0. The number of hydrogen-bond acceptors (Lipinski definition) is 4. The van der Waals surface area contributed by atoms with E-state index in [2.05, 4.69) is 33.8 Å². The Morgan fingerprint density at radius 3 is 2.50 bits per heavy atom. The summed E-state index contributed by atoms with van der Waals surface area (Å²) < 4.78 is 0. The molecule has 0 spiro atoms. The first-order valence-electron chi connectivity index (χ1n) is 4.80. The molecule has 2 aromatic heterocycles. The first-order valence-corrected chi connectivity index (χ1v) is 4.80. The number of aryl methyl sites for hydroxylation is 2. The van der Waals surface area contributed by atoms with E-state index in [1.165, 1.54) is 6.33 Å². The van der Waals surface area contributed by atoms with E-state index in [0.29, 0.717) is 5.65 Å². The highest BCUT2D eigenvalue weighted by Crippen LogP contribution is 2.10. The van der Waals surface area contributed by atoms with Gasteiger partial charge in [0.1, 0.15) is 11.8 Å². The van der Waals surface area contributed by atoms with Crippen LogP contribution >= 0.6 is 0 Å². The van der Waals surface area contributed by atoms with Crippen LogP contribution in [0.4, 0.5) is 0 Å². The fourth-order valence-corrected chi connectivity index (χ4v) is 1.45. The van der Waals surface area contributed by atoms with Crippen LogP contribution in [0.2, 0.25) is 0 Å². The van der Waals surface area contributed by atoms with Gasteiger partial charge < -0.3 is 0 Å². The van der Waals surface area contributed by atoms with Gasteiger partial charge in [0.2, 0.25) is 0 Å². The molecular formula is C10H12N4. The van der Waals surface area contributed by atoms with Gasteiger partial charge in [0.15, 0.2) is 5.65 Å². The fourth-order valence-electron chi connectivity index (χ4n) is 1.45. The standard InChI is InChI=1S/C10H12N4/c1-3-7-8(4-2)14-10-9(13-7)5-11-6-12-10/h5-6H,3-4H2,1-2H3. The molecule has 0 bridgehead atoms. The molecule has 0 aliphatic heterocycles. The Bertz CT molecular complexity index is 410. The summed E-state index contributed by atoms with van der Waals surface area (Å²) in [5.74, 6) is 0. The first-order chi connectivity index (χ1) is 6.85. The monoisotopic (exact) mass is 188 g/mol.